The molecular weight excluding hydrogens is 224 g/mol. The molecule has 0 atom stereocenters. The molecule has 0 radical (unpaired) electrons. The average molecular weight is 238 g/mol. The Morgan fingerprint density at radius 1 is 1.35 bits per heavy atom. The van der Waals surface area contributed by atoms with Gasteiger partial charge in [-0.15, -0.1) is 0 Å². The number of benzene rings is 1. The zero-order chi connectivity index (χ0) is 12.8. The van der Waals surface area contributed by atoms with Crippen molar-refractivity contribution in [3.8, 4) is 0 Å². The normalized spacial score (nSPS) is 10.0. The monoisotopic (exact) mass is 238 g/mol. The molecule has 0 fully saturated rings. The number of aromatic carboxylic acids is 1. The number of unbranched alkanes of at least 4 members (excludes halogenated alkanes) is 1. The van der Waals surface area contributed by atoms with Crippen molar-refractivity contribution < 1.29 is 24.8 Å². The van der Waals surface area contributed by atoms with E-state index >= 15 is 0 Å². The van der Waals surface area contributed by atoms with Gasteiger partial charge in [0.1, 0.15) is 0 Å². The van der Waals surface area contributed by atoms with Crippen LogP contribution in [0.15, 0.2) is 18.2 Å². The maximum Gasteiger partial charge on any atom is 0.373 e. The molecule has 0 aromatic heterocycles. The van der Waals surface area contributed by atoms with E-state index in [2.05, 4.69) is 4.89 Å². The lowest BCUT2D eigenvalue weighted by molar-refractivity contribution is -0.182. The van der Waals surface area contributed by atoms with E-state index in [0.29, 0.717) is 12.0 Å². The molecule has 0 spiro atoms. The van der Waals surface area contributed by atoms with E-state index in [1.165, 1.54) is 6.07 Å². The molecule has 1 aromatic carbocycles. The van der Waals surface area contributed by atoms with Crippen LogP contribution < -0.4 is 0 Å². The van der Waals surface area contributed by atoms with Crippen molar-refractivity contribution in [1.82, 2.24) is 0 Å². The van der Waals surface area contributed by atoms with Gasteiger partial charge < -0.3 is 5.11 Å². The summed E-state index contributed by atoms with van der Waals surface area (Å²) in [7, 11) is 0. The predicted molar refractivity (Wildman–Crippen MR) is 60.1 cm³/mol. The molecular formula is C12H14O5. The Kier molecular flexibility index (Phi) is 4.66. The minimum atomic E-state index is -1.22. The van der Waals surface area contributed by atoms with E-state index in [1.54, 1.807) is 12.1 Å². The molecule has 0 saturated carbocycles. The lowest BCUT2D eigenvalue weighted by Crippen LogP contribution is -2.13. The molecule has 1 rings (SSSR count). The molecule has 0 aliphatic rings. The second-order valence-corrected chi connectivity index (χ2v) is 3.63. The largest absolute Gasteiger partial charge is 0.478 e. The first-order valence-electron chi connectivity index (χ1n) is 5.32. The van der Waals surface area contributed by atoms with Crippen LogP contribution >= 0.6 is 0 Å². The molecule has 5 nitrogen and oxygen atoms in total. The number of hydrogen-bond acceptors (Lipinski definition) is 4. The third-order valence-corrected chi connectivity index (χ3v) is 2.47. The van der Waals surface area contributed by atoms with Crippen molar-refractivity contribution in [2.75, 3.05) is 0 Å². The molecule has 0 aliphatic heterocycles. The maximum absolute atomic E-state index is 11.4. The summed E-state index contributed by atoms with van der Waals surface area (Å²) >= 11 is 0. The van der Waals surface area contributed by atoms with E-state index in [4.69, 9.17) is 10.4 Å². The molecule has 0 aliphatic carbocycles. The summed E-state index contributed by atoms with van der Waals surface area (Å²) in [6, 6.07) is 4.54. The van der Waals surface area contributed by atoms with Gasteiger partial charge in [0.2, 0.25) is 0 Å². The first-order valence-corrected chi connectivity index (χ1v) is 5.32. The fraction of sp³-hybridized carbons (Fsp3) is 0.333. The second-order valence-electron chi connectivity index (χ2n) is 3.63. The number of carboxylic acid groups (broad SMARTS) is 1. The van der Waals surface area contributed by atoms with Gasteiger partial charge in [-0.2, -0.15) is 5.26 Å². The lowest BCUT2D eigenvalue weighted by Gasteiger charge is -2.09. The minimum Gasteiger partial charge on any atom is -0.478 e. The predicted octanol–water partition coefficient (Wildman–Crippen LogP) is 2.36. The highest BCUT2D eigenvalue weighted by molar-refractivity contribution is 6.03. The Labute approximate surface area is 98.6 Å². The van der Waals surface area contributed by atoms with Crippen LogP contribution in [0.2, 0.25) is 0 Å². The summed E-state index contributed by atoms with van der Waals surface area (Å²) < 4.78 is 0. The zero-order valence-electron chi connectivity index (χ0n) is 9.47. The van der Waals surface area contributed by atoms with Gasteiger partial charge >= 0.3 is 11.9 Å². The van der Waals surface area contributed by atoms with E-state index in [9.17, 15) is 9.59 Å². The standard InChI is InChI=1S/C12H14O5/c1-2-3-5-8-6-4-7-9(11(13)14)10(8)12(15)17-16/h4,6-7,16H,2-3,5H2,1H3,(H,13,14). The topological polar surface area (TPSA) is 83.8 Å². The van der Waals surface area contributed by atoms with Gasteiger partial charge in [-0.3, -0.25) is 4.89 Å². The SMILES string of the molecule is CCCCc1cccc(C(=O)O)c1C(=O)OO. The number of rotatable bonds is 5. The molecule has 0 amide bonds. The highest BCUT2D eigenvalue weighted by atomic mass is 17.1. The fourth-order valence-electron chi connectivity index (χ4n) is 1.64. The quantitative estimate of drug-likeness (QED) is 0.607. The first kappa shape index (κ1) is 13.2. The molecule has 0 heterocycles. The van der Waals surface area contributed by atoms with Crippen molar-refractivity contribution in [3.63, 3.8) is 0 Å². The molecule has 5 heteroatoms. The molecule has 0 saturated heterocycles. The van der Waals surface area contributed by atoms with Crippen molar-refractivity contribution in [2.24, 2.45) is 0 Å². The van der Waals surface area contributed by atoms with Crippen LogP contribution in [-0.4, -0.2) is 22.3 Å². The third kappa shape index (κ3) is 3.04. The average Bonchev–Trinajstić information content (AvgIpc) is 2.34. The summed E-state index contributed by atoms with van der Waals surface area (Å²) in [5, 5.41) is 17.4. The maximum atomic E-state index is 11.4. The Morgan fingerprint density at radius 3 is 2.59 bits per heavy atom. The molecule has 0 bridgehead atoms. The Morgan fingerprint density at radius 2 is 2.06 bits per heavy atom. The second kappa shape index (κ2) is 6.00. The Balaban J connectivity index is 3.24. The van der Waals surface area contributed by atoms with Crippen LogP contribution in [0.3, 0.4) is 0 Å². The van der Waals surface area contributed by atoms with E-state index in [1.807, 2.05) is 6.92 Å². The van der Waals surface area contributed by atoms with Gasteiger partial charge in [0.05, 0.1) is 11.1 Å². The van der Waals surface area contributed by atoms with Gasteiger partial charge in [0, 0.05) is 0 Å². The number of hydrogen-bond donors (Lipinski definition) is 2. The molecule has 17 heavy (non-hydrogen) atoms. The van der Waals surface area contributed by atoms with Gasteiger partial charge in [0.25, 0.3) is 0 Å². The van der Waals surface area contributed by atoms with Crippen LogP contribution in [0, 0.1) is 0 Å². The van der Waals surface area contributed by atoms with E-state index in [-0.39, 0.29) is 11.1 Å². The summed E-state index contributed by atoms with van der Waals surface area (Å²) in [5.74, 6) is -2.25. The summed E-state index contributed by atoms with van der Waals surface area (Å²) in [5.41, 5.74) is 0.347. The minimum absolute atomic E-state index is 0.0732. The Bertz CT molecular complexity index is 425. The van der Waals surface area contributed by atoms with Crippen molar-refractivity contribution in [1.29, 1.82) is 0 Å². The van der Waals surface area contributed by atoms with Gasteiger partial charge in [-0.05, 0) is 24.5 Å². The van der Waals surface area contributed by atoms with Crippen LogP contribution in [0.4, 0.5) is 0 Å². The molecule has 2 N–H and O–H groups in total. The Hall–Kier alpha value is -1.88. The van der Waals surface area contributed by atoms with Gasteiger partial charge in [0.15, 0.2) is 0 Å². The molecule has 0 unspecified atom stereocenters. The summed E-state index contributed by atoms with van der Waals surface area (Å²) in [4.78, 5) is 26.0. The van der Waals surface area contributed by atoms with Crippen LogP contribution in [0.25, 0.3) is 0 Å². The molecule has 1 aromatic rings. The number of aryl methyl sites for hydroxylation is 1. The van der Waals surface area contributed by atoms with Crippen molar-refractivity contribution in [3.05, 3.63) is 34.9 Å². The lowest BCUT2D eigenvalue weighted by atomic mass is 9.97. The van der Waals surface area contributed by atoms with Crippen LogP contribution in [-0.2, 0) is 11.3 Å². The number of carbonyl (C=O) groups is 2. The molecule has 92 valence electrons. The fourth-order valence-corrected chi connectivity index (χ4v) is 1.64. The summed E-state index contributed by atoms with van der Waals surface area (Å²) in [6.45, 7) is 1.99. The first-order chi connectivity index (χ1) is 8.11. The van der Waals surface area contributed by atoms with E-state index in [0.717, 1.165) is 12.8 Å². The van der Waals surface area contributed by atoms with Crippen LogP contribution in [0.5, 0.6) is 0 Å². The zero-order valence-corrected chi connectivity index (χ0v) is 9.47. The van der Waals surface area contributed by atoms with Gasteiger partial charge in [-0.25, -0.2) is 9.59 Å². The highest BCUT2D eigenvalue weighted by Gasteiger charge is 2.21. The van der Waals surface area contributed by atoms with Crippen LogP contribution in [0.1, 0.15) is 46.0 Å². The van der Waals surface area contributed by atoms with Crippen molar-refractivity contribution >= 4 is 11.9 Å². The highest BCUT2D eigenvalue weighted by Crippen LogP contribution is 2.18. The number of carboxylic acids is 1. The van der Waals surface area contributed by atoms with E-state index < -0.39 is 11.9 Å². The van der Waals surface area contributed by atoms with Crippen molar-refractivity contribution in [2.45, 2.75) is 26.2 Å². The smallest absolute Gasteiger partial charge is 0.373 e. The van der Waals surface area contributed by atoms with Gasteiger partial charge in [-0.1, -0.05) is 25.5 Å². The number of carbonyl (C=O) groups excluding carboxylic acids is 1. The summed E-state index contributed by atoms with van der Waals surface area (Å²) in [6.07, 6.45) is 2.32. The third-order valence-electron chi connectivity index (χ3n) is 2.47.